The van der Waals surface area contributed by atoms with Crippen molar-refractivity contribution in [1.82, 2.24) is 9.29 Å². The highest BCUT2D eigenvalue weighted by atomic mass is 32.2. The number of carbonyl (C=O) groups is 1. The van der Waals surface area contributed by atoms with Crippen LogP contribution in [0, 0.1) is 11.8 Å². The lowest BCUT2D eigenvalue weighted by atomic mass is 9.98. The van der Waals surface area contributed by atoms with Crippen LogP contribution < -0.4 is 4.72 Å². The molecule has 2 rings (SSSR count). The number of sulfonamides is 1. The van der Waals surface area contributed by atoms with E-state index in [0.29, 0.717) is 5.92 Å². The molecular formula is C13H20N2O4S. The predicted molar refractivity (Wildman–Crippen MR) is 74.0 cm³/mol. The molecule has 0 aromatic carbocycles. The molecule has 1 saturated carbocycles. The summed E-state index contributed by atoms with van der Waals surface area (Å²) in [6.07, 6.45) is 3.15. The van der Waals surface area contributed by atoms with E-state index in [9.17, 15) is 13.2 Å². The summed E-state index contributed by atoms with van der Waals surface area (Å²) in [6, 6.07) is 1.11. The number of aryl methyl sites for hydroxylation is 1. The lowest BCUT2D eigenvalue weighted by Crippen LogP contribution is -2.37. The average Bonchev–Trinajstić information content (AvgIpc) is 2.87. The van der Waals surface area contributed by atoms with Crippen LogP contribution in [0.4, 0.5) is 0 Å². The summed E-state index contributed by atoms with van der Waals surface area (Å²) in [6.45, 7) is 4.16. The molecule has 7 heteroatoms. The van der Waals surface area contributed by atoms with Crippen molar-refractivity contribution in [2.45, 2.75) is 37.6 Å². The topological polar surface area (TPSA) is 88.4 Å². The highest BCUT2D eigenvalue weighted by molar-refractivity contribution is 7.89. The molecule has 0 amide bonds. The van der Waals surface area contributed by atoms with Gasteiger partial charge in [0.1, 0.15) is 10.6 Å². The summed E-state index contributed by atoms with van der Waals surface area (Å²) in [5.41, 5.74) is -0.0433. The molecule has 3 unspecified atom stereocenters. The number of hydrogen-bond donors (Lipinski definition) is 2. The fraction of sp³-hybridized carbons (Fsp3) is 0.615. The van der Waals surface area contributed by atoms with Gasteiger partial charge in [-0.15, -0.1) is 0 Å². The quantitative estimate of drug-likeness (QED) is 0.880. The van der Waals surface area contributed by atoms with Crippen LogP contribution >= 0.6 is 0 Å². The summed E-state index contributed by atoms with van der Waals surface area (Å²) >= 11 is 0. The molecule has 0 bridgehead atoms. The van der Waals surface area contributed by atoms with E-state index in [2.05, 4.69) is 11.6 Å². The molecule has 1 aromatic rings. The summed E-state index contributed by atoms with van der Waals surface area (Å²) in [5, 5.41) is 8.97. The smallest absolute Gasteiger partial charge is 0.352 e. The fourth-order valence-corrected chi connectivity index (χ4v) is 4.12. The molecule has 2 N–H and O–H groups in total. The zero-order valence-corrected chi connectivity index (χ0v) is 12.6. The van der Waals surface area contributed by atoms with E-state index in [0.717, 1.165) is 12.8 Å². The zero-order chi connectivity index (χ0) is 15.1. The lowest BCUT2D eigenvalue weighted by Gasteiger charge is -2.19. The van der Waals surface area contributed by atoms with Crippen LogP contribution in [0.5, 0.6) is 0 Å². The Hall–Kier alpha value is -1.34. The molecule has 1 aliphatic carbocycles. The minimum Gasteiger partial charge on any atom is -0.477 e. The van der Waals surface area contributed by atoms with Crippen molar-refractivity contribution in [2.75, 3.05) is 0 Å². The first-order chi connectivity index (χ1) is 9.22. The molecule has 3 atom stereocenters. The van der Waals surface area contributed by atoms with Crippen LogP contribution in [-0.2, 0) is 17.1 Å². The molecule has 1 aromatic heterocycles. The van der Waals surface area contributed by atoms with Gasteiger partial charge in [-0.05, 0) is 30.7 Å². The molecule has 1 aliphatic rings. The maximum atomic E-state index is 12.3. The van der Waals surface area contributed by atoms with Gasteiger partial charge in [0, 0.05) is 19.3 Å². The minimum atomic E-state index is -3.67. The van der Waals surface area contributed by atoms with Gasteiger partial charge in [0.2, 0.25) is 10.0 Å². The Balaban J connectivity index is 2.23. The van der Waals surface area contributed by atoms with Gasteiger partial charge in [-0.25, -0.2) is 17.9 Å². The second kappa shape index (κ2) is 5.21. The first-order valence-corrected chi connectivity index (χ1v) is 8.12. The highest BCUT2D eigenvalue weighted by Gasteiger charge is 2.33. The summed E-state index contributed by atoms with van der Waals surface area (Å²) < 4.78 is 28.6. The van der Waals surface area contributed by atoms with Crippen LogP contribution in [-0.4, -0.2) is 30.1 Å². The van der Waals surface area contributed by atoms with Gasteiger partial charge < -0.3 is 9.67 Å². The average molecular weight is 300 g/mol. The summed E-state index contributed by atoms with van der Waals surface area (Å²) in [5.74, 6) is -0.364. The molecule has 1 fully saturated rings. The van der Waals surface area contributed by atoms with E-state index in [1.807, 2.05) is 6.92 Å². The van der Waals surface area contributed by atoms with E-state index in [1.54, 1.807) is 0 Å². The maximum absolute atomic E-state index is 12.3. The Kier molecular flexibility index (Phi) is 3.93. The number of rotatable bonds is 4. The number of aromatic carboxylic acids is 1. The summed E-state index contributed by atoms with van der Waals surface area (Å²) in [7, 11) is -2.15. The number of carboxylic acid groups (broad SMARTS) is 1. The summed E-state index contributed by atoms with van der Waals surface area (Å²) in [4.78, 5) is 11.0. The lowest BCUT2D eigenvalue weighted by molar-refractivity contribution is 0.0686. The molecule has 112 valence electrons. The minimum absolute atomic E-state index is 0.00385. The fourth-order valence-electron chi connectivity index (χ4n) is 2.69. The largest absolute Gasteiger partial charge is 0.477 e. The third kappa shape index (κ3) is 2.73. The molecule has 0 aliphatic heterocycles. The van der Waals surface area contributed by atoms with Crippen molar-refractivity contribution >= 4 is 16.0 Å². The molecular weight excluding hydrogens is 280 g/mol. The molecule has 0 spiro atoms. The van der Waals surface area contributed by atoms with Crippen LogP contribution in [0.3, 0.4) is 0 Å². The Bertz CT molecular complexity index is 620. The Morgan fingerprint density at radius 1 is 1.40 bits per heavy atom. The van der Waals surface area contributed by atoms with Gasteiger partial charge in [0.25, 0.3) is 0 Å². The maximum Gasteiger partial charge on any atom is 0.352 e. The van der Waals surface area contributed by atoms with Crippen LogP contribution in [0.15, 0.2) is 17.2 Å². The number of hydrogen-bond acceptors (Lipinski definition) is 3. The molecule has 0 radical (unpaired) electrons. The molecule has 20 heavy (non-hydrogen) atoms. The first-order valence-electron chi connectivity index (χ1n) is 6.64. The standard InChI is InChI=1S/C13H20N2O4S/c1-8-4-5-11(9(8)2)14-20(18,19)10-6-12(13(16)17)15(3)7-10/h6-9,11,14H,4-5H2,1-3H3,(H,16,17). The number of nitrogens with one attached hydrogen (secondary N) is 1. The van der Waals surface area contributed by atoms with E-state index in [1.165, 1.54) is 23.9 Å². The Labute approximate surface area is 118 Å². The van der Waals surface area contributed by atoms with Gasteiger partial charge in [-0.2, -0.15) is 0 Å². The second-order valence-corrected chi connectivity index (χ2v) is 7.33. The van der Waals surface area contributed by atoms with E-state index >= 15 is 0 Å². The zero-order valence-electron chi connectivity index (χ0n) is 11.8. The third-order valence-corrected chi connectivity index (χ3v) is 5.74. The van der Waals surface area contributed by atoms with Crippen molar-refractivity contribution < 1.29 is 18.3 Å². The van der Waals surface area contributed by atoms with Crippen LogP contribution in [0.25, 0.3) is 0 Å². The van der Waals surface area contributed by atoms with Crippen molar-refractivity contribution in [3.05, 3.63) is 18.0 Å². The second-order valence-electron chi connectivity index (χ2n) is 5.62. The van der Waals surface area contributed by atoms with Crippen molar-refractivity contribution in [3.63, 3.8) is 0 Å². The highest BCUT2D eigenvalue weighted by Crippen LogP contribution is 2.32. The van der Waals surface area contributed by atoms with Crippen molar-refractivity contribution in [1.29, 1.82) is 0 Å². The van der Waals surface area contributed by atoms with E-state index < -0.39 is 16.0 Å². The normalized spacial score (nSPS) is 26.9. The van der Waals surface area contributed by atoms with Gasteiger partial charge in [-0.3, -0.25) is 0 Å². The number of aromatic nitrogens is 1. The predicted octanol–water partition coefficient (Wildman–Crippen LogP) is 1.44. The van der Waals surface area contributed by atoms with E-state index in [4.69, 9.17) is 5.11 Å². The number of carboxylic acids is 1. The van der Waals surface area contributed by atoms with Gasteiger partial charge in [-0.1, -0.05) is 13.8 Å². The van der Waals surface area contributed by atoms with Gasteiger partial charge >= 0.3 is 5.97 Å². The van der Waals surface area contributed by atoms with Gasteiger partial charge in [0.15, 0.2) is 0 Å². The number of nitrogens with zero attached hydrogens (tertiary/aromatic N) is 1. The molecule has 1 heterocycles. The van der Waals surface area contributed by atoms with Gasteiger partial charge in [0.05, 0.1) is 0 Å². The monoisotopic (exact) mass is 300 g/mol. The molecule has 0 saturated heterocycles. The van der Waals surface area contributed by atoms with Crippen LogP contribution in [0.1, 0.15) is 37.2 Å². The van der Waals surface area contributed by atoms with E-state index in [-0.39, 0.29) is 22.5 Å². The van der Waals surface area contributed by atoms with Crippen molar-refractivity contribution in [3.8, 4) is 0 Å². The Morgan fingerprint density at radius 2 is 2.05 bits per heavy atom. The Morgan fingerprint density at radius 3 is 2.50 bits per heavy atom. The first kappa shape index (κ1) is 15.1. The third-order valence-electron chi connectivity index (χ3n) is 4.28. The van der Waals surface area contributed by atoms with Crippen molar-refractivity contribution in [2.24, 2.45) is 18.9 Å². The molecule has 6 nitrogen and oxygen atoms in total. The van der Waals surface area contributed by atoms with Crippen LogP contribution in [0.2, 0.25) is 0 Å². The SMILES string of the molecule is CC1CCC(NS(=O)(=O)c2cc(C(=O)O)n(C)c2)C1C.